The number of ether oxygens (including phenoxy) is 3. The van der Waals surface area contributed by atoms with Gasteiger partial charge in [0, 0.05) is 43.5 Å². The number of nitrogens with zero attached hydrogens (tertiary/aromatic N) is 2. The minimum Gasteiger partial charge on any atom is -0.497 e. The van der Waals surface area contributed by atoms with Crippen LogP contribution in [0.15, 0.2) is 54.5 Å². The van der Waals surface area contributed by atoms with Crippen molar-refractivity contribution in [3.8, 4) is 17.2 Å². The van der Waals surface area contributed by atoms with Crippen LogP contribution in [0, 0.1) is 5.92 Å². The second-order valence-electron chi connectivity index (χ2n) is 8.91. The second-order valence-corrected chi connectivity index (χ2v) is 10.8. The van der Waals surface area contributed by atoms with Crippen molar-refractivity contribution in [3.63, 3.8) is 0 Å². The van der Waals surface area contributed by atoms with Gasteiger partial charge in [0.05, 0.1) is 13.0 Å². The third-order valence-corrected chi connectivity index (χ3v) is 8.35. The molecule has 2 heterocycles. The Bertz CT molecular complexity index is 1200. The third kappa shape index (κ3) is 5.21. The highest BCUT2D eigenvalue weighted by Crippen LogP contribution is 2.47. The minimum absolute atomic E-state index is 0.136. The summed E-state index contributed by atoms with van der Waals surface area (Å²) >= 11 is 0. The van der Waals surface area contributed by atoms with Crippen molar-refractivity contribution in [1.82, 2.24) is 9.21 Å². The Balaban J connectivity index is 1.69. The molecule has 0 saturated carbocycles. The Kier molecular flexibility index (Phi) is 7.87. The average Bonchev–Trinajstić information content (AvgIpc) is 3.50. The van der Waals surface area contributed by atoms with Gasteiger partial charge in [0.2, 0.25) is 16.8 Å². The van der Waals surface area contributed by atoms with Crippen LogP contribution in [0.3, 0.4) is 0 Å². The topological polar surface area (TPSA) is 106 Å². The summed E-state index contributed by atoms with van der Waals surface area (Å²) in [6.07, 6.45) is 0.659. The molecule has 1 N–H and O–H groups in total. The first-order valence-electron chi connectivity index (χ1n) is 11.9. The summed E-state index contributed by atoms with van der Waals surface area (Å²) in [5, 5.41) is 11.4. The zero-order chi connectivity index (χ0) is 25.9. The fourth-order valence-corrected chi connectivity index (χ4v) is 6.09. The van der Waals surface area contributed by atoms with E-state index in [1.54, 1.807) is 13.2 Å². The lowest BCUT2D eigenvalue weighted by molar-refractivity contribution is -0.143. The van der Waals surface area contributed by atoms with Gasteiger partial charge in [0.15, 0.2) is 11.5 Å². The SMILES string of the molecule is C=CS(=O)(=O)N(CCC)CCN1C[C@H](c2ccc3c(c2)OCO3)[C@H](C(=O)O)[C@H]1c1ccc(OC)cc1. The lowest BCUT2D eigenvalue weighted by Crippen LogP contribution is -2.39. The van der Waals surface area contributed by atoms with Crippen LogP contribution >= 0.6 is 0 Å². The van der Waals surface area contributed by atoms with Crippen LogP contribution < -0.4 is 14.2 Å². The molecule has 36 heavy (non-hydrogen) atoms. The monoisotopic (exact) mass is 516 g/mol. The van der Waals surface area contributed by atoms with E-state index in [1.807, 2.05) is 43.3 Å². The molecule has 2 aliphatic rings. The highest BCUT2D eigenvalue weighted by Gasteiger charge is 2.47. The molecule has 2 aromatic rings. The molecule has 0 radical (unpaired) electrons. The molecule has 0 spiro atoms. The van der Waals surface area contributed by atoms with Gasteiger partial charge < -0.3 is 19.3 Å². The summed E-state index contributed by atoms with van der Waals surface area (Å²) in [5.74, 6) is -0.0905. The number of hydrogen-bond acceptors (Lipinski definition) is 7. The lowest BCUT2D eigenvalue weighted by atomic mass is 9.82. The number of sulfonamides is 1. The van der Waals surface area contributed by atoms with Gasteiger partial charge in [-0.3, -0.25) is 9.69 Å². The molecule has 10 heteroatoms. The Morgan fingerprint density at radius 2 is 1.86 bits per heavy atom. The van der Waals surface area contributed by atoms with E-state index >= 15 is 0 Å². The van der Waals surface area contributed by atoms with Crippen LogP contribution in [-0.4, -0.2) is 68.8 Å². The van der Waals surface area contributed by atoms with Gasteiger partial charge in [-0.1, -0.05) is 31.7 Å². The Morgan fingerprint density at radius 3 is 2.50 bits per heavy atom. The number of hydrogen-bond donors (Lipinski definition) is 1. The van der Waals surface area contributed by atoms with Gasteiger partial charge in [0.25, 0.3) is 0 Å². The van der Waals surface area contributed by atoms with Crippen LogP contribution in [0.25, 0.3) is 0 Å². The molecule has 9 nitrogen and oxygen atoms in total. The minimum atomic E-state index is -3.60. The smallest absolute Gasteiger partial charge is 0.309 e. The highest BCUT2D eigenvalue weighted by molar-refractivity contribution is 7.92. The summed E-state index contributed by atoms with van der Waals surface area (Å²) in [5.41, 5.74) is 1.68. The number of carboxylic acids is 1. The summed E-state index contributed by atoms with van der Waals surface area (Å²) in [4.78, 5) is 14.8. The van der Waals surface area contributed by atoms with E-state index < -0.39 is 28.0 Å². The van der Waals surface area contributed by atoms with Crippen molar-refractivity contribution in [1.29, 1.82) is 0 Å². The zero-order valence-corrected chi connectivity index (χ0v) is 21.3. The number of fused-ring (bicyclic) bond motifs is 1. The molecule has 1 saturated heterocycles. The Labute approximate surface area is 211 Å². The maximum atomic E-state index is 12.7. The molecular weight excluding hydrogens is 484 g/mol. The van der Waals surface area contributed by atoms with Gasteiger partial charge >= 0.3 is 5.97 Å². The highest BCUT2D eigenvalue weighted by atomic mass is 32.2. The van der Waals surface area contributed by atoms with E-state index in [1.165, 1.54) is 4.31 Å². The predicted octanol–water partition coefficient (Wildman–Crippen LogP) is 3.45. The maximum absolute atomic E-state index is 12.7. The number of methoxy groups -OCH3 is 1. The molecule has 4 rings (SSSR count). The number of carbonyl (C=O) groups is 1. The van der Waals surface area contributed by atoms with Crippen molar-refractivity contribution < 1.29 is 32.5 Å². The molecule has 2 aromatic carbocycles. The molecule has 0 bridgehead atoms. The number of rotatable bonds is 11. The van der Waals surface area contributed by atoms with Crippen LogP contribution in [0.4, 0.5) is 0 Å². The van der Waals surface area contributed by atoms with Crippen LogP contribution in [0.1, 0.15) is 36.4 Å². The molecular formula is C26H32N2O7S. The zero-order valence-electron chi connectivity index (χ0n) is 20.5. The van der Waals surface area contributed by atoms with Crippen LogP contribution in [0.2, 0.25) is 0 Å². The van der Waals surface area contributed by atoms with Crippen LogP contribution in [0.5, 0.6) is 17.2 Å². The first-order valence-corrected chi connectivity index (χ1v) is 13.4. The van der Waals surface area contributed by atoms with Crippen molar-refractivity contribution in [3.05, 3.63) is 65.6 Å². The quantitative estimate of drug-likeness (QED) is 0.484. The maximum Gasteiger partial charge on any atom is 0.309 e. The molecule has 3 atom stereocenters. The molecule has 0 unspecified atom stereocenters. The van der Waals surface area contributed by atoms with E-state index in [4.69, 9.17) is 14.2 Å². The number of aliphatic carboxylic acids is 1. The van der Waals surface area contributed by atoms with E-state index in [0.29, 0.717) is 43.3 Å². The predicted molar refractivity (Wildman–Crippen MR) is 135 cm³/mol. The summed E-state index contributed by atoms with van der Waals surface area (Å²) in [7, 11) is -2.02. The molecule has 0 amide bonds. The number of carboxylic acid groups (broad SMARTS) is 1. The van der Waals surface area contributed by atoms with Gasteiger partial charge in [-0.2, -0.15) is 4.31 Å². The van der Waals surface area contributed by atoms with E-state index in [0.717, 1.165) is 16.5 Å². The van der Waals surface area contributed by atoms with Gasteiger partial charge in [-0.25, -0.2) is 8.42 Å². The fourth-order valence-electron chi connectivity index (χ4n) is 5.10. The second kappa shape index (κ2) is 10.9. The fraction of sp³-hybridized carbons (Fsp3) is 0.423. The Morgan fingerprint density at radius 1 is 1.17 bits per heavy atom. The largest absolute Gasteiger partial charge is 0.497 e. The van der Waals surface area contributed by atoms with Crippen molar-refractivity contribution in [2.24, 2.45) is 5.92 Å². The van der Waals surface area contributed by atoms with Crippen molar-refractivity contribution in [2.75, 3.05) is 40.1 Å². The number of likely N-dealkylation sites (tertiary alicyclic amines) is 1. The Hall–Kier alpha value is -3.08. The normalized spacial score (nSPS) is 21.6. The van der Waals surface area contributed by atoms with Gasteiger partial charge in [-0.15, -0.1) is 0 Å². The third-order valence-electron chi connectivity index (χ3n) is 6.85. The summed E-state index contributed by atoms with van der Waals surface area (Å²) < 4.78 is 42.7. The van der Waals surface area contributed by atoms with Crippen molar-refractivity contribution >= 4 is 16.0 Å². The molecule has 194 valence electrons. The standard InChI is InChI=1S/C26H32N2O7S/c1-4-12-28(36(31,32)5-2)14-13-27-16-21(19-8-11-22-23(15-19)35-17-34-22)24(26(29)30)25(27)18-6-9-20(33-3)10-7-18/h5-11,15,21,24-25H,2,4,12-14,16-17H2,1,3H3,(H,29,30)/t21-,24+,25-/m1/s1. The average molecular weight is 517 g/mol. The summed E-state index contributed by atoms with van der Waals surface area (Å²) in [6, 6.07) is 12.5. The molecule has 0 aliphatic carbocycles. The van der Waals surface area contributed by atoms with Crippen LogP contribution in [-0.2, 0) is 14.8 Å². The van der Waals surface area contributed by atoms with E-state index in [9.17, 15) is 18.3 Å². The number of benzene rings is 2. The lowest BCUT2D eigenvalue weighted by Gasteiger charge is -2.29. The van der Waals surface area contributed by atoms with E-state index in [2.05, 4.69) is 11.5 Å². The first kappa shape index (κ1) is 26.0. The first-order chi connectivity index (χ1) is 17.3. The van der Waals surface area contributed by atoms with E-state index in [-0.39, 0.29) is 19.3 Å². The molecule has 2 aliphatic heterocycles. The van der Waals surface area contributed by atoms with Gasteiger partial charge in [0.1, 0.15) is 5.75 Å². The summed E-state index contributed by atoms with van der Waals surface area (Å²) in [6.45, 7) is 6.92. The molecule has 1 fully saturated rings. The van der Waals surface area contributed by atoms with Crippen molar-refractivity contribution in [2.45, 2.75) is 25.3 Å². The van der Waals surface area contributed by atoms with Gasteiger partial charge in [-0.05, 0) is 41.8 Å². The molecule has 0 aromatic heterocycles.